The lowest BCUT2D eigenvalue weighted by Crippen LogP contribution is -2.32. The van der Waals surface area contributed by atoms with Crippen LogP contribution in [0.3, 0.4) is 0 Å². The number of benzene rings is 2. The van der Waals surface area contributed by atoms with Crippen LogP contribution in [0.25, 0.3) is 0 Å². The van der Waals surface area contributed by atoms with Crippen LogP contribution < -0.4 is 13.9 Å². The first-order valence-electron chi connectivity index (χ1n) is 7.51. The van der Waals surface area contributed by atoms with Gasteiger partial charge in [0.1, 0.15) is 0 Å². The number of para-hydroxylation sites is 2. The topological polar surface area (TPSA) is 59.0 Å². The van der Waals surface area contributed by atoms with E-state index >= 15 is 0 Å². The molecule has 3 rings (SSSR count). The molecule has 0 saturated carbocycles. The Bertz CT molecular complexity index is 745. The molecule has 0 radical (unpaired) electrons. The molecule has 5 nitrogen and oxygen atoms in total. The predicted octanol–water partition coefficient (Wildman–Crippen LogP) is 4.11. The van der Waals surface area contributed by atoms with Crippen LogP contribution in [-0.2, 0) is 0 Å². The lowest BCUT2D eigenvalue weighted by atomic mass is 10.2. The molecule has 0 aromatic heterocycles. The minimum Gasteiger partial charge on any atom is -0.320 e. The van der Waals surface area contributed by atoms with E-state index in [0.29, 0.717) is 24.3 Å². The van der Waals surface area contributed by atoms with Gasteiger partial charge in [0.2, 0.25) is 0 Å². The average Bonchev–Trinajstić information content (AvgIpc) is 2.77. The maximum atomic E-state index is 13.6. The third-order valence-corrected chi connectivity index (χ3v) is 5.70. The van der Waals surface area contributed by atoms with Gasteiger partial charge in [-0.2, -0.15) is 0 Å². The monoisotopic (exact) mass is 355 g/mol. The molecule has 2 aromatic carbocycles. The maximum absolute atomic E-state index is 13.6. The van der Waals surface area contributed by atoms with Gasteiger partial charge in [0.25, 0.3) is 0 Å². The summed E-state index contributed by atoms with van der Waals surface area (Å²) >= 11 is 0. The van der Waals surface area contributed by atoms with Crippen LogP contribution in [-0.4, -0.2) is 29.2 Å². The van der Waals surface area contributed by atoms with Crippen molar-refractivity contribution >= 4 is 28.0 Å². The predicted molar refractivity (Wildman–Crippen MR) is 93.7 cm³/mol. The zero-order chi connectivity index (χ0) is 17.3. The molecule has 0 spiro atoms. The number of halogens is 2. The van der Waals surface area contributed by atoms with Crippen molar-refractivity contribution in [2.24, 2.45) is 0 Å². The lowest BCUT2D eigenvalue weighted by molar-refractivity contribution is 0.483. The van der Waals surface area contributed by atoms with Crippen molar-refractivity contribution in [3.8, 4) is 0 Å². The molecule has 8 heteroatoms. The van der Waals surface area contributed by atoms with E-state index in [9.17, 15) is 17.9 Å². The Morgan fingerprint density at radius 1 is 1.04 bits per heavy atom. The minimum absolute atomic E-state index is 0.192. The fraction of sp³-hybridized carbons (Fsp3) is 0.250. The Kier molecular flexibility index (Phi) is 4.64. The number of hydrogen-bond donors (Lipinski definition) is 3. The summed E-state index contributed by atoms with van der Waals surface area (Å²) in [4.78, 5) is 0. The highest BCUT2D eigenvalue weighted by atomic mass is 32.3. The highest BCUT2D eigenvalue weighted by Gasteiger charge is 2.41. The normalized spacial score (nSPS) is 17.0. The van der Waals surface area contributed by atoms with E-state index in [1.165, 1.54) is 14.7 Å². The van der Waals surface area contributed by atoms with Crippen molar-refractivity contribution in [1.82, 2.24) is 5.32 Å². The Morgan fingerprint density at radius 3 is 2.42 bits per heavy atom. The number of nitrogens with one attached hydrogen (secondary N) is 1. The number of fused-ring (bicyclic) bond motifs is 1. The van der Waals surface area contributed by atoms with Gasteiger partial charge < -0.3 is 5.32 Å². The van der Waals surface area contributed by atoms with E-state index in [0.717, 1.165) is 18.7 Å². The van der Waals surface area contributed by atoms with Crippen molar-refractivity contribution in [1.29, 1.82) is 0 Å². The average molecular weight is 355 g/mol. The second-order valence-electron chi connectivity index (χ2n) is 5.43. The van der Waals surface area contributed by atoms with Crippen LogP contribution in [0, 0.1) is 11.6 Å². The Hall–Kier alpha value is -1.87. The molecule has 3 N–H and O–H groups in total. The zero-order valence-corrected chi connectivity index (χ0v) is 13.9. The molecule has 1 aliphatic rings. The number of anilines is 3. The number of nitrogens with zero attached hydrogens (tertiary/aromatic N) is 2. The van der Waals surface area contributed by atoms with Gasteiger partial charge in [0, 0.05) is 12.6 Å². The summed E-state index contributed by atoms with van der Waals surface area (Å²) < 4.78 is 51.2. The second kappa shape index (κ2) is 6.56. The molecule has 2 aromatic rings. The van der Waals surface area contributed by atoms with Crippen molar-refractivity contribution in [3.63, 3.8) is 0 Å². The van der Waals surface area contributed by atoms with Crippen LogP contribution >= 0.6 is 11.0 Å². The van der Waals surface area contributed by atoms with Crippen LogP contribution in [0.15, 0.2) is 42.5 Å². The Balaban J connectivity index is 2.04. The summed E-state index contributed by atoms with van der Waals surface area (Å²) in [6.45, 7) is 1.14. The minimum atomic E-state index is -3.40. The Labute approximate surface area is 141 Å². The van der Waals surface area contributed by atoms with E-state index in [1.54, 1.807) is 24.3 Å². The van der Waals surface area contributed by atoms with Crippen LogP contribution in [0.4, 0.5) is 25.8 Å². The molecule has 24 heavy (non-hydrogen) atoms. The maximum Gasteiger partial charge on any atom is 0.160 e. The first-order chi connectivity index (χ1) is 11.5. The fourth-order valence-electron chi connectivity index (χ4n) is 2.74. The van der Waals surface area contributed by atoms with E-state index in [-0.39, 0.29) is 5.69 Å². The van der Waals surface area contributed by atoms with Gasteiger partial charge in [-0.15, -0.1) is 0 Å². The molecule has 0 saturated heterocycles. The van der Waals surface area contributed by atoms with Gasteiger partial charge in [-0.25, -0.2) is 13.1 Å². The molecule has 1 aliphatic heterocycles. The smallest absolute Gasteiger partial charge is 0.160 e. The Morgan fingerprint density at radius 2 is 1.75 bits per heavy atom. The molecular weight excluding hydrogens is 336 g/mol. The molecule has 0 unspecified atom stereocenters. The molecule has 130 valence electrons. The van der Waals surface area contributed by atoms with Crippen LogP contribution in [0.5, 0.6) is 0 Å². The third kappa shape index (κ3) is 2.82. The van der Waals surface area contributed by atoms with Crippen LogP contribution in [0.2, 0.25) is 0 Å². The highest BCUT2D eigenvalue weighted by Crippen LogP contribution is 2.64. The van der Waals surface area contributed by atoms with E-state index < -0.39 is 22.6 Å². The van der Waals surface area contributed by atoms with Crippen LogP contribution in [0.1, 0.15) is 6.42 Å². The van der Waals surface area contributed by atoms with Gasteiger partial charge in [-0.3, -0.25) is 13.4 Å². The van der Waals surface area contributed by atoms with Crippen molar-refractivity contribution in [3.05, 3.63) is 54.1 Å². The van der Waals surface area contributed by atoms with Gasteiger partial charge in [0.15, 0.2) is 11.6 Å². The summed E-state index contributed by atoms with van der Waals surface area (Å²) in [7, 11) is -1.58. The van der Waals surface area contributed by atoms with Gasteiger partial charge in [-0.05, 0) is 55.2 Å². The molecule has 0 bridgehead atoms. The summed E-state index contributed by atoms with van der Waals surface area (Å²) in [6.07, 6.45) is 0.701. The van der Waals surface area contributed by atoms with Gasteiger partial charge in [0.05, 0.1) is 17.1 Å². The standard InChI is InChI=1S/C16H19F2N3O2S/c1-19-9-4-10-20-15-5-2-3-6-16(15)21(24(20,22)23)12-7-8-13(17)14(18)11-12/h2-3,5-8,11,19,22-23H,4,9-10H2,1H3. The first kappa shape index (κ1) is 17.0. The van der Waals surface area contributed by atoms with Gasteiger partial charge >= 0.3 is 0 Å². The van der Waals surface area contributed by atoms with E-state index in [2.05, 4.69) is 5.32 Å². The van der Waals surface area contributed by atoms with Crippen molar-refractivity contribution < 1.29 is 17.9 Å². The van der Waals surface area contributed by atoms with E-state index in [4.69, 9.17) is 0 Å². The van der Waals surface area contributed by atoms with Crippen molar-refractivity contribution in [2.75, 3.05) is 28.7 Å². The molecule has 0 aliphatic carbocycles. The van der Waals surface area contributed by atoms with Crippen molar-refractivity contribution in [2.45, 2.75) is 6.42 Å². The molecular formula is C16H19F2N3O2S. The number of rotatable bonds is 5. The molecule has 0 amide bonds. The molecule has 1 heterocycles. The summed E-state index contributed by atoms with van der Waals surface area (Å²) in [5.41, 5.74) is 1.39. The largest absolute Gasteiger partial charge is 0.320 e. The SMILES string of the molecule is CNCCCN1c2ccccc2N(c2ccc(F)c(F)c2)S1(O)O. The lowest BCUT2D eigenvalue weighted by Gasteiger charge is -2.43. The number of hydrogen-bond acceptors (Lipinski definition) is 5. The third-order valence-electron chi connectivity index (χ3n) is 3.84. The summed E-state index contributed by atoms with van der Waals surface area (Å²) in [5, 5.41) is 3.01. The quantitative estimate of drug-likeness (QED) is 0.705. The fourth-order valence-corrected chi connectivity index (χ4v) is 4.55. The first-order valence-corrected chi connectivity index (χ1v) is 8.97. The summed E-state index contributed by atoms with van der Waals surface area (Å²) in [6, 6.07) is 10.3. The van der Waals surface area contributed by atoms with Gasteiger partial charge in [-0.1, -0.05) is 12.1 Å². The molecule has 0 fully saturated rings. The molecule has 0 atom stereocenters. The van der Waals surface area contributed by atoms with E-state index in [1.807, 2.05) is 7.05 Å². The summed E-state index contributed by atoms with van der Waals surface area (Å²) in [5.74, 6) is -2.01. The zero-order valence-electron chi connectivity index (χ0n) is 13.1. The second-order valence-corrected chi connectivity index (χ2v) is 7.22. The highest BCUT2D eigenvalue weighted by molar-refractivity contribution is 8.27.